The second-order valence-electron chi connectivity index (χ2n) is 11.4. The van der Waals surface area contributed by atoms with Crippen LogP contribution in [-0.4, -0.2) is 38.2 Å². The number of carbonyl (C=O) groups is 1. The molecule has 1 aliphatic carbocycles. The van der Waals surface area contributed by atoms with Gasteiger partial charge in [-0.3, -0.25) is 0 Å². The molecule has 2 aliphatic heterocycles. The molecule has 2 fully saturated rings. The first kappa shape index (κ1) is 24.2. The second kappa shape index (κ2) is 8.88. The molecule has 0 unspecified atom stereocenters. The molecule has 2 bridgehead atoms. The smallest absolute Gasteiger partial charge is 0.336 e. The molecular weight excluding hydrogens is 452 g/mol. The van der Waals surface area contributed by atoms with E-state index in [1.165, 1.54) is 10.4 Å². The van der Waals surface area contributed by atoms with Crippen molar-refractivity contribution in [2.45, 2.75) is 69.5 Å². The summed E-state index contributed by atoms with van der Waals surface area (Å²) in [5.41, 5.74) is -0.697. The number of cyclic esters (lactones) is 1. The third kappa shape index (κ3) is 4.14. The molecule has 5 heteroatoms. The van der Waals surface area contributed by atoms with Crippen LogP contribution in [0.3, 0.4) is 0 Å². The molecule has 3 aliphatic rings. The highest BCUT2D eigenvalue weighted by molar-refractivity contribution is 6.99. The van der Waals surface area contributed by atoms with Crippen LogP contribution in [0.25, 0.3) is 0 Å². The second-order valence-corrected chi connectivity index (χ2v) is 15.7. The molecule has 4 nitrogen and oxygen atoms in total. The average Bonchev–Trinajstić information content (AvgIpc) is 3.13. The van der Waals surface area contributed by atoms with Crippen molar-refractivity contribution in [3.8, 4) is 0 Å². The van der Waals surface area contributed by atoms with Crippen LogP contribution in [0.5, 0.6) is 0 Å². The Bertz CT molecular complexity index is 1070. The van der Waals surface area contributed by atoms with Crippen LogP contribution in [0.1, 0.15) is 40.5 Å². The Labute approximate surface area is 210 Å². The summed E-state index contributed by atoms with van der Waals surface area (Å²) >= 11 is 0. The number of fused-ring (bicyclic) bond motifs is 5. The van der Waals surface area contributed by atoms with E-state index in [4.69, 9.17) is 13.9 Å². The summed E-state index contributed by atoms with van der Waals surface area (Å²) in [5.74, 6) is -0.0420. The van der Waals surface area contributed by atoms with Gasteiger partial charge in [0.05, 0.1) is 12.2 Å². The van der Waals surface area contributed by atoms with Crippen molar-refractivity contribution in [1.29, 1.82) is 0 Å². The van der Waals surface area contributed by atoms with E-state index in [9.17, 15) is 4.79 Å². The maximum absolute atomic E-state index is 12.9. The molecule has 184 valence electrons. The van der Waals surface area contributed by atoms with Gasteiger partial charge in [-0.05, 0) is 40.8 Å². The lowest BCUT2D eigenvalue weighted by Crippen LogP contribution is -2.67. The van der Waals surface area contributed by atoms with E-state index in [2.05, 4.69) is 100 Å². The van der Waals surface area contributed by atoms with Gasteiger partial charge in [-0.2, -0.15) is 0 Å². The quantitative estimate of drug-likeness (QED) is 0.345. The zero-order valence-electron chi connectivity index (χ0n) is 21.1. The Kier molecular flexibility index (Phi) is 6.15. The standard InChI is InChI=1S/C30H36O4Si/c1-6-30(5)20-26-25-19-21(17-18-24(25)27(32-26)28(31)33-30)34-35(29(2,3)4,22-13-9-7-10-14-22)23-15-11-8-12-16-23/h6-18,21,24-27H,1,19-20H2,2-5H3/t21-,24+,25-,26+,27+,30-/m0/s1. The zero-order valence-corrected chi connectivity index (χ0v) is 22.1. The summed E-state index contributed by atoms with van der Waals surface area (Å²) in [6, 6.07) is 21.5. The van der Waals surface area contributed by atoms with E-state index >= 15 is 0 Å². The molecule has 2 aromatic carbocycles. The van der Waals surface area contributed by atoms with Crippen LogP contribution in [0, 0.1) is 11.8 Å². The van der Waals surface area contributed by atoms with Gasteiger partial charge in [-0.25, -0.2) is 4.79 Å². The maximum Gasteiger partial charge on any atom is 0.336 e. The fourth-order valence-corrected chi connectivity index (χ4v) is 10.9. The summed E-state index contributed by atoms with van der Waals surface area (Å²) < 4.78 is 19.4. The van der Waals surface area contributed by atoms with Crippen molar-refractivity contribution in [3.63, 3.8) is 0 Å². The van der Waals surface area contributed by atoms with Crippen LogP contribution in [0.15, 0.2) is 85.5 Å². The number of hydrogen-bond donors (Lipinski definition) is 0. The van der Waals surface area contributed by atoms with Gasteiger partial charge in [-0.15, -0.1) is 0 Å². The summed E-state index contributed by atoms with van der Waals surface area (Å²) in [7, 11) is -2.67. The summed E-state index contributed by atoms with van der Waals surface area (Å²) in [5, 5.41) is 2.45. The highest BCUT2D eigenvalue weighted by Crippen LogP contribution is 2.47. The van der Waals surface area contributed by atoms with Gasteiger partial charge in [-0.1, -0.05) is 100 Å². The van der Waals surface area contributed by atoms with E-state index in [-0.39, 0.29) is 35.1 Å². The topological polar surface area (TPSA) is 44.8 Å². The normalized spacial score (nSPS) is 32.5. The number of benzene rings is 2. The summed E-state index contributed by atoms with van der Waals surface area (Å²) in [6.45, 7) is 12.7. The first-order chi connectivity index (χ1) is 16.7. The first-order valence-corrected chi connectivity index (χ1v) is 14.6. The number of esters is 1. The lowest BCUT2D eigenvalue weighted by atomic mass is 9.76. The Hall–Kier alpha value is -2.47. The molecule has 6 atom stereocenters. The Morgan fingerprint density at radius 3 is 2.17 bits per heavy atom. The van der Waals surface area contributed by atoms with Gasteiger partial charge in [0.2, 0.25) is 0 Å². The van der Waals surface area contributed by atoms with E-state index < -0.39 is 20.0 Å². The van der Waals surface area contributed by atoms with Crippen molar-refractivity contribution in [2.75, 3.05) is 0 Å². The lowest BCUT2D eigenvalue weighted by molar-refractivity contribution is -0.161. The summed E-state index contributed by atoms with van der Waals surface area (Å²) in [4.78, 5) is 12.9. The van der Waals surface area contributed by atoms with E-state index in [1.54, 1.807) is 6.08 Å². The van der Waals surface area contributed by atoms with Crippen LogP contribution in [-0.2, 0) is 18.7 Å². The first-order valence-electron chi connectivity index (χ1n) is 12.7. The SMILES string of the molecule is C=C[C@@]1(C)C[C@H]2O[C@@H](C(=O)O1)[C@@H]1C=C[C@H](O[Si](c3ccccc3)(c3ccccc3)C(C)(C)C)C[C@@H]12. The van der Waals surface area contributed by atoms with Gasteiger partial charge in [0.25, 0.3) is 8.32 Å². The number of rotatable bonds is 5. The van der Waals surface area contributed by atoms with E-state index in [0.29, 0.717) is 6.42 Å². The van der Waals surface area contributed by atoms with Gasteiger partial charge in [0, 0.05) is 12.3 Å². The van der Waals surface area contributed by atoms with Crippen molar-refractivity contribution >= 4 is 24.7 Å². The lowest BCUT2D eigenvalue weighted by Gasteiger charge is -2.46. The third-order valence-corrected chi connectivity index (χ3v) is 13.1. The zero-order chi connectivity index (χ0) is 24.8. The minimum absolute atomic E-state index is 0.0286. The van der Waals surface area contributed by atoms with Gasteiger partial charge < -0.3 is 13.9 Å². The molecule has 5 rings (SSSR count). The van der Waals surface area contributed by atoms with Gasteiger partial charge >= 0.3 is 5.97 Å². The monoisotopic (exact) mass is 488 g/mol. The average molecular weight is 489 g/mol. The molecule has 0 radical (unpaired) electrons. The molecule has 2 saturated heterocycles. The van der Waals surface area contributed by atoms with Gasteiger partial charge in [0.1, 0.15) is 5.60 Å². The van der Waals surface area contributed by atoms with Crippen LogP contribution >= 0.6 is 0 Å². The van der Waals surface area contributed by atoms with Gasteiger partial charge in [0.15, 0.2) is 6.10 Å². The molecule has 0 aromatic heterocycles. The Morgan fingerprint density at radius 1 is 1.03 bits per heavy atom. The largest absolute Gasteiger partial charge is 0.453 e. The molecule has 2 aromatic rings. The predicted octanol–water partition coefficient (Wildman–Crippen LogP) is 4.78. The van der Waals surface area contributed by atoms with Crippen molar-refractivity contribution in [2.24, 2.45) is 11.8 Å². The fourth-order valence-electron chi connectivity index (χ4n) is 6.28. The number of carbonyl (C=O) groups excluding carboxylic acids is 1. The molecule has 2 heterocycles. The highest BCUT2D eigenvalue weighted by Gasteiger charge is 2.56. The molecular formula is C30H36O4Si. The molecule has 0 spiro atoms. The fraction of sp³-hybridized carbons (Fsp3) is 0.433. The van der Waals surface area contributed by atoms with Crippen LogP contribution in [0.2, 0.25) is 5.04 Å². The highest BCUT2D eigenvalue weighted by atomic mass is 28.4. The predicted molar refractivity (Wildman–Crippen MR) is 141 cm³/mol. The van der Waals surface area contributed by atoms with Crippen molar-refractivity contribution < 1.29 is 18.7 Å². The van der Waals surface area contributed by atoms with Crippen molar-refractivity contribution in [3.05, 3.63) is 85.5 Å². The number of hydrogen-bond acceptors (Lipinski definition) is 4. The number of ether oxygens (including phenoxy) is 2. The molecule has 0 amide bonds. The molecule has 35 heavy (non-hydrogen) atoms. The van der Waals surface area contributed by atoms with E-state index in [1.807, 2.05) is 6.92 Å². The van der Waals surface area contributed by atoms with Crippen LogP contribution in [0.4, 0.5) is 0 Å². The van der Waals surface area contributed by atoms with Crippen LogP contribution < -0.4 is 10.4 Å². The molecule has 0 N–H and O–H groups in total. The minimum atomic E-state index is -2.67. The molecule has 0 saturated carbocycles. The van der Waals surface area contributed by atoms with E-state index in [0.717, 1.165) is 6.42 Å². The Morgan fingerprint density at radius 2 is 1.63 bits per heavy atom. The minimum Gasteiger partial charge on any atom is -0.453 e. The Balaban J connectivity index is 1.53. The maximum atomic E-state index is 12.9. The summed E-state index contributed by atoms with van der Waals surface area (Å²) in [6.07, 6.45) is 6.84. The third-order valence-electron chi connectivity index (χ3n) is 8.04. The van der Waals surface area contributed by atoms with Crippen molar-refractivity contribution in [1.82, 2.24) is 0 Å².